The van der Waals surface area contributed by atoms with Gasteiger partial charge in [0, 0.05) is 30.9 Å². The quantitative estimate of drug-likeness (QED) is 0.554. The van der Waals surface area contributed by atoms with Crippen LogP contribution in [0.2, 0.25) is 0 Å². The number of hydrogen-bond acceptors (Lipinski definition) is 3. The number of rotatable bonds is 2. The van der Waals surface area contributed by atoms with Crippen LogP contribution in [-0.2, 0) is 10.8 Å². The van der Waals surface area contributed by atoms with Gasteiger partial charge >= 0.3 is 0 Å². The molecule has 0 saturated heterocycles. The van der Waals surface area contributed by atoms with E-state index >= 15 is 0 Å². The van der Waals surface area contributed by atoms with Crippen LogP contribution in [0, 0.1) is 0 Å². The normalized spacial score (nSPS) is 12.6. The fourth-order valence-electron chi connectivity index (χ4n) is 3.05. The lowest BCUT2D eigenvalue weighted by Crippen LogP contribution is -2.16. The third kappa shape index (κ3) is 3.48. The summed E-state index contributed by atoms with van der Waals surface area (Å²) in [5.74, 6) is 0.682. The number of oxazole rings is 1. The van der Waals surface area contributed by atoms with Crippen molar-refractivity contribution in [1.82, 2.24) is 4.98 Å². The maximum Gasteiger partial charge on any atom is 0.227 e. The van der Waals surface area contributed by atoms with Gasteiger partial charge in [-0.1, -0.05) is 47.6 Å². The van der Waals surface area contributed by atoms with E-state index in [1.807, 2.05) is 14.1 Å². The second-order valence-electron chi connectivity index (χ2n) is 9.33. The summed E-state index contributed by atoms with van der Waals surface area (Å²) in [6.45, 7) is 13.4. The molecule has 0 N–H and O–H groups in total. The third-order valence-electron chi connectivity index (χ3n) is 4.79. The first-order valence-corrected chi connectivity index (χ1v) is 9.20. The van der Waals surface area contributed by atoms with Crippen LogP contribution in [0.4, 0.5) is 5.69 Å². The highest BCUT2D eigenvalue weighted by molar-refractivity contribution is 5.81. The molecule has 0 aliphatic rings. The number of hydrogen-bond donors (Lipinski definition) is 0. The van der Waals surface area contributed by atoms with Crippen molar-refractivity contribution in [2.45, 2.75) is 52.4 Å². The van der Waals surface area contributed by atoms with E-state index in [1.54, 1.807) is 0 Å². The zero-order valence-electron chi connectivity index (χ0n) is 17.3. The van der Waals surface area contributed by atoms with Gasteiger partial charge in [0.25, 0.3) is 0 Å². The van der Waals surface area contributed by atoms with Gasteiger partial charge < -0.3 is 9.32 Å². The van der Waals surface area contributed by atoms with Gasteiger partial charge in [-0.05, 0) is 46.7 Å². The molecule has 138 valence electrons. The second kappa shape index (κ2) is 6.15. The lowest BCUT2D eigenvalue weighted by Gasteiger charge is -2.24. The van der Waals surface area contributed by atoms with Crippen molar-refractivity contribution in [3.05, 3.63) is 47.5 Å². The maximum atomic E-state index is 6.26. The Hall–Kier alpha value is -2.29. The molecule has 1 aromatic heterocycles. The molecule has 3 aromatic rings. The Bertz CT molecular complexity index is 920. The van der Waals surface area contributed by atoms with Crippen molar-refractivity contribution in [2.75, 3.05) is 19.0 Å². The predicted molar refractivity (Wildman–Crippen MR) is 111 cm³/mol. The molecular formula is C23H30N2O. The van der Waals surface area contributed by atoms with Gasteiger partial charge in [-0.2, -0.15) is 0 Å². The minimum absolute atomic E-state index is 0.00884. The zero-order chi connectivity index (χ0) is 19.3. The molecule has 0 atom stereocenters. The topological polar surface area (TPSA) is 29.3 Å². The smallest absolute Gasteiger partial charge is 0.227 e. The molecule has 26 heavy (non-hydrogen) atoms. The summed E-state index contributed by atoms with van der Waals surface area (Å²) in [6, 6.07) is 12.8. The van der Waals surface area contributed by atoms with Crippen LogP contribution in [-0.4, -0.2) is 19.1 Å². The minimum atomic E-state index is -0.00884. The molecule has 0 spiro atoms. The predicted octanol–water partition coefficient (Wildman–Crippen LogP) is 6.16. The summed E-state index contributed by atoms with van der Waals surface area (Å²) in [5, 5.41) is 0. The van der Waals surface area contributed by atoms with Crippen molar-refractivity contribution >= 4 is 16.8 Å². The van der Waals surface area contributed by atoms with Crippen LogP contribution in [0.5, 0.6) is 0 Å². The van der Waals surface area contributed by atoms with E-state index in [1.165, 1.54) is 11.1 Å². The van der Waals surface area contributed by atoms with Crippen LogP contribution in [0.15, 0.2) is 40.8 Å². The molecule has 0 radical (unpaired) electrons. The third-order valence-corrected chi connectivity index (χ3v) is 4.79. The SMILES string of the molecule is CN(C)c1ccc(-c2nc3cc(C(C)(C)C)cc(C(C)(C)C)c3o2)cc1. The van der Waals surface area contributed by atoms with Crippen LogP contribution in [0.25, 0.3) is 22.6 Å². The molecule has 3 heteroatoms. The highest BCUT2D eigenvalue weighted by Gasteiger charge is 2.25. The standard InChI is InChI=1S/C23H30N2O/c1-22(2,3)16-13-18(23(4,5)6)20-19(14-16)24-21(26-20)15-9-11-17(12-10-15)25(7)8/h9-14H,1-8H3. The van der Waals surface area contributed by atoms with Crippen molar-refractivity contribution < 1.29 is 4.42 Å². The van der Waals surface area contributed by atoms with Gasteiger partial charge in [0.1, 0.15) is 5.52 Å². The summed E-state index contributed by atoms with van der Waals surface area (Å²) in [4.78, 5) is 6.91. The zero-order valence-corrected chi connectivity index (χ0v) is 17.3. The number of benzene rings is 2. The van der Waals surface area contributed by atoms with Crippen LogP contribution in [0.1, 0.15) is 52.7 Å². The molecule has 0 saturated carbocycles. The van der Waals surface area contributed by atoms with Gasteiger partial charge in [0.05, 0.1) is 0 Å². The van der Waals surface area contributed by atoms with Crippen LogP contribution >= 0.6 is 0 Å². The monoisotopic (exact) mass is 350 g/mol. The Balaban J connectivity index is 2.18. The number of aromatic nitrogens is 1. The van der Waals surface area contributed by atoms with E-state index in [0.717, 1.165) is 22.4 Å². The second-order valence-corrected chi connectivity index (χ2v) is 9.33. The van der Waals surface area contributed by atoms with Gasteiger partial charge in [-0.15, -0.1) is 0 Å². The first kappa shape index (κ1) is 18.5. The lowest BCUT2D eigenvalue weighted by molar-refractivity contribution is 0.552. The first-order chi connectivity index (χ1) is 12.0. The molecule has 0 unspecified atom stereocenters. The van der Waals surface area contributed by atoms with Gasteiger partial charge in [-0.25, -0.2) is 4.98 Å². The lowest BCUT2D eigenvalue weighted by atomic mass is 9.80. The highest BCUT2D eigenvalue weighted by Crippen LogP contribution is 2.37. The summed E-state index contributed by atoms with van der Waals surface area (Å²) in [6.07, 6.45) is 0. The largest absolute Gasteiger partial charge is 0.436 e. The summed E-state index contributed by atoms with van der Waals surface area (Å²) < 4.78 is 6.26. The Labute approximate surface area is 157 Å². The van der Waals surface area contributed by atoms with Crippen molar-refractivity contribution in [3.63, 3.8) is 0 Å². The molecule has 0 fully saturated rings. The average Bonchev–Trinajstić information content (AvgIpc) is 2.96. The van der Waals surface area contributed by atoms with E-state index in [0.29, 0.717) is 5.89 Å². The Kier molecular flexibility index (Phi) is 4.38. The number of nitrogens with zero attached hydrogens (tertiary/aromatic N) is 2. The fraction of sp³-hybridized carbons (Fsp3) is 0.435. The molecular weight excluding hydrogens is 320 g/mol. The van der Waals surface area contributed by atoms with Gasteiger partial charge in [0.2, 0.25) is 5.89 Å². The maximum absolute atomic E-state index is 6.26. The van der Waals surface area contributed by atoms with Crippen molar-refractivity contribution in [2.24, 2.45) is 0 Å². The van der Waals surface area contributed by atoms with E-state index in [-0.39, 0.29) is 10.8 Å². The van der Waals surface area contributed by atoms with Crippen LogP contribution < -0.4 is 4.90 Å². The molecule has 3 rings (SSSR count). The molecule has 2 aromatic carbocycles. The minimum Gasteiger partial charge on any atom is -0.436 e. The molecule has 0 bridgehead atoms. The Morgan fingerprint density at radius 1 is 0.846 bits per heavy atom. The van der Waals surface area contributed by atoms with Crippen LogP contribution in [0.3, 0.4) is 0 Å². The summed E-state index contributed by atoms with van der Waals surface area (Å²) in [7, 11) is 4.08. The molecule has 0 aliphatic heterocycles. The Morgan fingerprint density at radius 3 is 1.96 bits per heavy atom. The average molecular weight is 351 g/mol. The number of anilines is 1. The number of fused-ring (bicyclic) bond motifs is 1. The molecule has 3 nitrogen and oxygen atoms in total. The summed E-state index contributed by atoms with van der Waals surface area (Å²) in [5.41, 5.74) is 6.57. The summed E-state index contributed by atoms with van der Waals surface area (Å²) >= 11 is 0. The molecule has 1 heterocycles. The first-order valence-electron chi connectivity index (χ1n) is 9.20. The van der Waals surface area contributed by atoms with E-state index in [9.17, 15) is 0 Å². The van der Waals surface area contributed by atoms with Gasteiger partial charge in [-0.3, -0.25) is 0 Å². The van der Waals surface area contributed by atoms with Crippen molar-refractivity contribution in [1.29, 1.82) is 0 Å². The Morgan fingerprint density at radius 2 is 1.46 bits per heavy atom. The van der Waals surface area contributed by atoms with Gasteiger partial charge in [0.15, 0.2) is 5.58 Å². The molecule has 0 amide bonds. The fourth-order valence-corrected chi connectivity index (χ4v) is 3.05. The molecule has 0 aliphatic carbocycles. The van der Waals surface area contributed by atoms with E-state index in [2.05, 4.69) is 82.8 Å². The van der Waals surface area contributed by atoms with Crippen molar-refractivity contribution in [3.8, 4) is 11.5 Å². The van der Waals surface area contributed by atoms with E-state index in [4.69, 9.17) is 9.40 Å². The highest BCUT2D eigenvalue weighted by atomic mass is 16.3. The van der Waals surface area contributed by atoms with E-state index < -0.39 is 0 Å².